The molecule has 30 heavy (non-hydrogen) atoms. The summed E-state index contributed by atoms with van der Waals surface area (Å²) >= 11 is 4.34. The molecule has 1 rings (SSSR count). The minimum absolute atomic E-state index is 0.00900. The van der Waals surface area contributed by atoms with E-state index in [2.05, 4.69) is 19.2 Å². The van der Waals surface area contributed by atoms with Crippen LogP contribution in [0.4, 0.5) is 0 Å². The number of aliphatic hydroxyl groups excluding tert-OH is 1. The predicted molar refractivity (Wildman–Crippen MR) is 115 cm³/mol. The molecule has 0 aliphatic carbocycles. The molecule has 0 radical (unpaired) electrons. The molecule has 1 aromatic carbocycles. The first-order valence-corrected chi connectivity index (χ1v) is 10.3. The molecule has 0 spiro atoms. The molecular weight excluding hydrogens is 412 g/mol. The quantitative estimate of drug-likeness (QED) is 0.154. The summed E-state index contributed by atoms with van der Waals surface area (Å²) in [6.07, 6.45) is 0. The Hall–Kier alpha value is -1.62. The molecule has 9 heteroatoms. The number of rotatable bonds is 18. The predicted octanol–water partition coefficient (Wildman–Crippen LogP) is 2.20. The zero-order valence-corrected chi connectivity index (χ0v) is 18.4. The normalized spacial score (nSPS) is 10.8. The van der Waals surface area contributed by atoms with Gasteiger partial charge in [-0.15, -0.1) is 12.6 Å². The van der Waals surface area contributed by atoms with E-state index in [0.29, 0.717) is 81.2 Å². The van der Waals surface area contributed by atoms with Gasteiger partial charge in [-0.2, -0.15) is 0 Å². The van der Waals surface area contributed by atoms with E-state index in [4.69, 9.17) is 33.5 Å². The topological polar surface area (TPSA) is 92.7 Å². The average Bonchev–Trinajstić information content (AvgIpc) is 2.74. The Morgan fingerprint density at radius 2 is 1.37 bits per heavy atom. The zero-order valence-electron chi connectivity index (χ0n) is 17.5. The molecule has 0 aliphatic rings. The van der Waals surface area contributed by atoms with Crippen LogP contribution in [0.2, 0.25) is 0 Å². The van der Waals surface area contributed by atoms with E-state index < -0.39 is 5.97 Å². The Kier molecular flexibility index (Phi) is 15.1. The van der Waals surface area contributed by atoms with Gasteiger partial charge in [0.05, 0.1) is 58.4 Å². The van der Waals surface area contributed by atoms with E-state index in [1.165, 1.54) is 0 Å². The van der Waals surface area contributed by atoms with E-state index in [0.717, 1.165) is 0 Å². The molecule has 0 unspecified atom stereocenters. The third-order valence-corrected chi connectivity index (χ3v) is 3.88. The molecule has 0 fully saturated rings. The van der Waals surface area contributed by atoms with Crippen LogP contribution >= 0.6 is 12.6 Å². The van der Waals surface area contributed by atoms with Crippen molar-refractivity contribution in [3.8, 4) is 0 Å². The largest absolute Gasteiger partial charge is 0.491 e. The van der Waals surface area contributed by atoms with Crippen LogP contribution in [0, 0.1) is 0 Å². The maximum atomic E-state index is 12.3. The first kappa shape index (κ1) is 26.4. The summed E-state index contributed by atoms with van der Waals surface area (Å²) in [6, 6.07) is 5.01. The first-order valence-electron chi connectivity index (χ1n) is 9.83. The van der Waals surface area contributed by atoms with Crippen LogP contribution in [-0.2, 0) is 28.4 Å². The summed E-state index contributed by atoms with van der Waals surface area (Å²) in [5.74, 6) is -0.0705. The van der Waals surface area contributed by atoms with E-state index in [1.807, 2.05) is 6.92 Å². The first-order chi connectivity index (χ1) is 14.6. The second-order valence-corrected chi connectivity index (χ2v) is 6.45. The maximum Gasteiger partial charge on any atom is 0.338 e. The minimum Gasteiger partial charge on any atom is -0.491 e. The number of benzene rings is 1. The van der Waals surface area contributed by atoms with Crippen LogP contribution in [0.3, 0.4) is 0 Å². The Labute approximate surface area is 183 Å². The van der Waals surface area contributed by atoms with Gasteiger partial charge in [-0.3, -0.25) is 0 Å². The molecule has 0 saturated heterocycles. The van der Waals surface area contributed by atoms with Crippen molar-refractivity contribution in [3.05, 3.63) is 35.9 Å². The lowest BCUT2D eigenvalue weighted by Gasteiger charge is -2.12. The monoisotopic (exact) mass is 444 g/mol. The van der Waals surface area contributed by atoms with Crippen molar-refractivity contribution >= 4 is 24.4 Å². The van der Waals surface area contributed by atoms with E-state index >= 15 is 0 Å². The number of carbonyl (C=O) groups is 1. The highest BCUT2D eigenvalue weighted by molar-refractivity contribution is 7.80. The van der Waals surface area contributed by atoms with E-state index in [1.54, 1.807) is 18.2 Å². The van der Waals surface area contributed by atoms with Gasteiger partial charge in [0.1, 0.15) is 19.0 Å². The molecule has 0 bridgehead atoms. The van der Waals surface area contributed by atoms with Crippen molar-refractivity contribution in [1.29, 1.82) is 0 Å². The van der Waals surface area contributed by atoms with Gasteiger partial charge < -0.3 is 33.5 Å². The maximum absolute atomic E-state index is 12.3. The average molecular weight is 445 g/mol. The fraction of sp³-hybridized carbons (Fsp3) is 0.571. The summed E-state index contributed by atoms with van der Waals surface area (Å²) in [5, 5.41) is 8.60. The fourth-order valence-corrected chi connectivity index (χ4v) is 2.50. The van der Waals surface area contributed by atoms with Gasteiger partial charge in [-0.05, 0) is 25.1 Å². The molecule has 0 saturated carbocycles. The van der Waals surface area contributed by atoms with Gasteiger partial charge in [-0.1, -0.05) is 6.58 Å². The smallest absolute Gasteiger partial charge is 0.338 e. The summed E-state index contributed by atoms with van der Waals surface area (Å²) < 4.78 is 31.7. The third kappa shape index (κ3) is 12.2. The van der Waals surface area contributed by atoms with Gasteiger partial charge >= 0.3 is 5.97 Å². The SMILES string of the molecule is C=C(OCCOCCOCCO)c1cc(S)cc(C(=O)OCCOCCOCC)c1. The minimum atomic E-state index is -0.473. The van der Waals surface area contributed by atoms with Gasteiger partial charge in [0.25, 0.3) is 0 Å². The van der Waals surface area contributed by atoms with E-state index in [-0.39, 0.29) is 13.2 Å². The summed E-state index contributed by atoms with van der Waals surface area (Å²) in [4.78, 5) is 12.9. The number of hydrogen-bond acceptors (Lipinski definition) is 9. The number of thiol groups is 1. The highest BCUT2D eigenvalue weighted by atomic mass is 32.1. The fourth-order valence-electron chi connectivity index (χ4n) is 2.22. The molecule has 0 amide bonds. The zero-order chi connectivity index (χ0) is 22.0. The third-order valence-electron chi connectivity index (χ3n) is 3.62. The molecule has 0 aromatic heterocycles. The summed E-state index contributed by atoms with van der Waals surface area (Å²) in [7, 11) is 0. The Bertz CT molecular complexity index is 623. The van der Waals surface area contributed by atoms with Gasteiger partial charge in [0.15, 0.2) is 0 Å². The van der Waals surface area contributed by atoms with Crippen molar-refractivity contribution in [3.63, 3.8) is 0 Å². The molecular formula is C21H32O8S. The van der Waals surface area contributed by atoms with Crippen LogP contribution in [-0.4, -0.2) is 83.8 Å². The molecule has 8 nitrogen and oxygen atoms in total. The molecule has 0 heterocycles. The van der Waals surface area contributed by atoms with Crippen LogP contribution in [0.1, 0.15) is 22.8 Å². The number of esters is 1. The van der Waals surface area contributed by atoms with Gasteiger partial charge in [0, 0.05) is 17.1 Å². The highest BCUT2D eigenvalue weighted by Gasteiger charge is 2.11. The standard InChI is InChI=1S/C21H32O8S/c1-3-24-6-7-26-11-13-29-21(23)19-14-18(15-20(30)16-19)17(2)28-12-10-27-9-8-25-5-4-22/h14-16,22,30H,2-13H2,1H3. The lowest BCUT2D eigenvalue weighted by atomic mass is 10.1. The summed E-state index contributed by atoms with van der Waals surface area (Å²) in [6.45, 7) is 9.63. The number of aliphatic hydroxyl groups is 1. The Morgan fingerprint density at radius 1 is 0.833 bits per heavy atom. The second kappa shape index (κ2) is 17.1. The molecule has 170 valence electrons. The highest BCUT2D eigenvalue weighted by Crippen LogP contribution is 2.21. The molecule has 1 N–H and O–H groups in total. The second-order valence-electron chi connectivity index (χ2n) is 5.93. The van der Waals surface area contributed by atoms with Crippen molar-refractivity contribution in [2.45, 2.75) is 11.8 Å². The number of carbonyl (C=O) groups excluding carboxylic acids is 1. The van der Waals surface area contributed by atoms with Crippen molar-refractivity contribution in [1.82, 2.24) is 0 Å². The van der Waals surface area contributed by atoms with Crippen molar-refractivity contribution in [2.75, 3.05) is 72.7 Å². The van der Waals surface area contributed by atoms with Crippen LogP contribution in [0.5, 0.6) is 0 Å². The van der Waals surface area contributed by atoms with Crippen LogP contribution in [0.15, 0.2) is 29.7 Å². The Morgan fingerprint density at radius 3 is 2.00 bits per heavy atom. The van der Waals surface area contributed by atoms with Gasteiger partial charge in [-0.25, -0.2) is 4.79 Å². The Balaban J connectivity index is 2.35. The number of ether oxygens (including phenoxy) is 6. The van der Waals surface area contributed by atoms with Gasteiger partial charge in [0.2, 0.25) is 0 Å². The molecule has 0 aliphatic heterocycles. The van der Waals surface area contributed by atoms with Crippen LogP contribution in [0.25, 0.3) is 5.76 Å². The van der Waals surface area contributed by atoms with Crippen molar-refractivity contribution in [2.24, 2.45) is 0 Å². The lowest BCUT2D eigenvalue weighted by molar-refractivity contribution is 0.0163. The van der Waals surface area contributed by atoms with Crippen molar-refractivity contribution < 1.29 is 38.3 Å². The molecule has 0 atom stereocenters. The number of hydrogen-bond donors (Lipinski definition) is 2. The lowest BCUT2D eigenvalue weighted by Crippen LogP contribution is -2.13. The molecule has 1 aromatic rings. The van der Waals surface area contributed by atoms with E-state index in [9.17, 15) is 4.79 Å². The van der Waals surface area contributed by atoms with Crippen LogP contribution < -0.4 is 0 Å². The summed E-state index contributed by atoms with van der Waals surface area (Å²) in [5.41, 5.74) is 0.988.